The van der Waals surface area contributed by atoms with Crippen molar-refractivity contribution in [3.63, 3.8) is 0 Å². The molecule has 1 heterocycles. The number of hydrogen-bond donors (Lipinski definition) is 2. The van der Waals surface area contributed by atoms with Crippen molar-refractivity contribution in [2.24, 2.45) is 4.99 Å². The summed E-state index contributed by atoms with van der Waals surface area (Å²) in [7, 11) is 3.90. The number of likely N-dealkylation sites (N-methyl/N-ethyl adjacent to an activating group) is 1. The Bertz CT molecular complexity index is 261. The lowest BCUT2D eigenvalue weighted by Crippen LogP contribution is -2.48. The fourth-order valence-electron chi connectivity index (χ4n) is 1.95. The van der Waals surface area contributed by atoms with Gasteiger partial charge >= 0.3 is 0 Å². The Labute approximate surface area is 116 Å². The summed E-state index contributed by atoms with van der Waals surface area (Å²) in [5, 5.41) is 6.57. The molecule has 0 bridgehead atoms. The van der Waals surface area contributed by atoms with Crippen molar-refractivity contribution in [1.82, 2.24) is 15.5 Å². The van der Waals surface area contributed by atoms with Crippen molar-refractivity contribution in [1.29, 1.82) is 0 Å². The first-order valence-electron chi connectivity index (χ1n) is 7.08. The lowest BCUT2D eigenvalue weighted by Gasteiger charge is -2.30. The third-order valence-corrected chi connectivity index (χ3v) is 3.02. The highest BCUT2D eigenvalue weighted by Crippen LogP contribution is 2.01. The molecule has 2 N–H and O–H groups in total. The van der Waals surface area contributed by atoms with Gasteiger partial charge in [0.15, 0.2) is 5.96 Å². The van der Waals surface area contributed by atoms with Crippen LogP contribution in [0.4, 0.5) is 0 Å². The molecule has 0 radical (unpaired) electrons. The molecule has 0 amide bonds. The number of nitrogens with zero attached hydrogens (tertiary/aromatic N) is 2. The molecule has 0 aromatic heterocycles. The largest absolute Gasteiger partial charge is 0.382 e. The lowest BCUT2D eigenvalue weighted by atomic mass is 10.3. The van der Waals surface area contributed by atoms with Gasteiger partial charge < -0.3 is 25.0 Å². The second-order valence-corrected chi connectivity index (χ2v) is 4.69. The second-order valence-electron chi connectivity index (χ2n) is 4.69. The van der Waals surface area contributed by atoms with Gasteiger partial charge in [0.2, 0.25) is 0 Å². The van der Waals surface area contributed by atoms with Gasteiger partial charge in [0.1, 0.15) is 0 Å². The molecule has 1 saturated heterocycles. The highest BCUT2D eigenvalue weighted by Gasteiger charge is 2.17. The second kappa shape index (κ2) is 10.00. The van der Waals surface area contributed by atoms with Crippen molar-refractivity contribution in [3.8, 4) is 0 Å². The van der Waals surface area contributed by atoms with E-state index in [0.717, 1.165) is 58.4 Å². The minimum Gasteiger partial charge on any atom is -0.382 e. The van der Waals surface area contributed by atoms with Gasteiger partial charge in [-0.2, -0.15) is 0 Å². The predicted molar refractivity (Wildman–Crippen MR) is 77.7 cm³/mol. The van der Waals surface area contributed by atoms with Gasteiger partial charge in [0.25, 0.3) is 0 Å². The highest BCUT2D eigenvalue weighted by molar-refractivity contribution is 5.79. The molecule has 1 fully saturated rings. The van der Waals surface area contributed by atoms with E-state index in [1.54, 1.807) is 7.05 Å². The van der Waals surface area contributed by atoms with Crippen LogP contribution in [0.3, 0.4) is 0 Å². The van der Waals surface area contributed by atoms with Crippen molar-refractivity contribution in [2.75, 3.05) is 60.1 Å². The molecule has 0 aromatic carbocycles. The summed E-state index contributed by atoms with van der Waals surface area (Å²) in [5.74, 6) is 0.827. The molecule has 1 unspecified atom stereocenters. The first-order valence-corrected chi connectivity index (χ1v) is 7.08. The van der Waals surface area contributed by atoms with Crippen LogP contribution in [0.1, 0.15) is 13.3 Å². The summed E-state index contributed by atoms with van der Waals surface area (Å²) in [6, 6.07) is 0. The Balaban J connectivity index is 2.11. The molecule has 0 saturated carbocycles. The first kappa shape index (κ1) is 16.2. The van der Waals surface area contributed by atoms with Gasteiger partial charge in [-0.15, -0.1) is 0 Å². The quantitative estimate of drug-likeness (QED) is 0.385. The minimum atomic E-state index is 0.237. The average Bonchev–Trinajstić information content (AvgIpc) is 2.42. The lowest BCUT2D eigenvalue weighted by molar-refractivity contribution is -0.0161. The average molecular weight is 272 g/mol. The van der Waals surface area contributed by atoms with E-state index in [1.807, 2.05) is 6.92 Å². The minimum absolute atomic E-state index is 0.237. The molecule has 6 heteroatoms. The molecule has 1 atom stereocenters. The Kier molecular flexibility index (Phi) is 8.53. The van der Waals surface area contributed by atoms with Gasteiger partial charge in [-0.1, -0.05) is 0 Å². The SMILES string of the molecule is CCOCCCNC(=NC)NCC1CN(C)CCO1. The summed E-state index contributed by atoms with van der Waals surface area (Å²) in [4.78, 5) is 6.48. The van der Waals surface area contributed by atoms with E-state index < -0.39 is 0 Å². The van der Waals surface area contributed by atoms with Crippen molar-refractivity contribution < 1.29 is 9.47 Å². The van der Waals surface area contributed by atoms with Gasteiger partial charge in [-0.3, -0.25) is 4.99 Å². The third-order valence-electron chi connectivity index (χ3n) is 3.02. The molecule has 1 aliphatic rings. The third kappa shape index (κ3) is 7.34. The van der Waals surface area contributed by atoms with Crippen LogP contribution in [0.25, 0.3) is 0 Å². The molecule has 1 rings (SSSR count). The standard InChI is InChI=1S/C13H28N4O2/c1-4-18-8-5-6-15-13(14-2)16-10-12-11-17(3)7-9-19-12/h12H,4-11H2,1-3H3,(H2,14,15,16). The number of ether oxygens (including phenoxy) is 2. The van der Waals surface area contributed by atoms with E-state index in [2.05, 4.69) is 27.6 Å². The first-order chi connectivity index (χ1) is 9.26. The summed E-state index contributed by atoms with van der Waals surface area (Å²) in [6.45, 7) is 8.02. The van der Waals surface area contributed by atoms with Crippen molar-refractivity contribution >= 4 is 5.96 Å². The van der Waals surface area contributed by atoms with E-state index in [1.165, 1.54) is 0 Å². The van der Waals surface area contributed by atoms with Crippen LogP contribution >= 0.6 is 0 Å². The normalized spacial score (nSPS) is 21.4. The monoisotopic (exact) mass is 272 g/mol. The van der Waals surface area contributed by atoms with Gasteiger partial charge in [-0.25, -0.2) is 0 Å². The maximum Gasteiger partial charge on any atom is 0.191 e. The maximum atomic E-state index is 5.69. The zero-order chi connectivity index (χ0) is 13.9. The van der Waals surface area contributed by atoms with E-state index in [9.17, 15) is 0 Å². The van der Waals surface area contributed by atoms with Crippen LogP contribution < -0.4 is 10.6 Å². The molecular formula is C13H28N4O2. The maximum absolute atomic E-state index is 5.69. The van der Waals surface area contributed by atoms with E-state index >= 15 is 0 Å². The fraction of sp³-hybridized carbons (Fsp3) is 0.923. The Morgan fingerprint density at radius 1 is 1.47 bits per heavy atom. The van der Waals surface area contributed by atoms with Crippen molar-refractivity contribution in [2.45, 2.75) is 19.4 Å². The van der Waals surface area contributed by atoms with Crippen LogP contribution in [0, 0.1) is 0 Å². The molecule has 19 heavy (non-hydrogen) atoms. The van der Waals surface area contributed by atoms with Crippen molar-refractivity contribution in [3.05, 3.63) is 0 Å². The van der Waals surface area contributed by atoms with Crippen LogP contribution in [0.15, 0.2) is 4.99 Å². The fourth-order valence-corrected chi connectivity index (χ4v) is 1.95. The molecule has 0 aliphatic carbocycles. The predicted octanol–water partition coefficient (Wildman–Crippen LogP) is -0.0914. The number of morpholine rings is 1. The van der Waals surface area contributed by atoms with Crippen LogP contribution in [0.2, 0.25) is 0 Å². The highest BCUT2D eigenvalue weighted by atomic mass is 16.5. The van der Waals surface area contributed by atoms with Crippen LogP contribution in [0.5, 0.6) is 0 Å². The Hall–Kier alpha value is -0.850. The summed E-state index contributed by atoms with van der Waals surface area (Å²) in [5.41, 5.74) is 0. The van der Waals surface area contributed by atoms with Crippen LogP contribution in [-0.2, 0) is 9.47 Å². The zero-order valence-corrected chi connectivity index (χ0v) is 12.4. The molecule has 0 spiro atoms. The smallest absolute Gasteiger partial charge is 0.191 e. The van der Waals surface area contributed by atoms with Gasteiger partial charge in [0, 0.05) is 46.4 Å². The number of hydrogen-bond acceptors (Lipinski definition) is 4. The number of nitrogens with one attached hydrogen (secondary N) is 2. The van der Waals surface area contributed by atoms with Gasteiger partial charge in [-0.05, 0) is 20.4 Å². The van der Waals surface area contributed by atoms with E-state index in [4.69, 9.17) is 9.47 Å². The number of guanidine groups is 1. The molecule has 1 aliphatic heterocycles. The van der Waals surface area contributed by atoms with E-state index in [-0.39, 0.29) is 6.10 Å². The Morgan fingerprint density at radius 2 is 2.32 bits per heavy atom. The topological polar surface area (TPSA) is 58.1 Å². The number of aliphatic imine (C=N–C) groups is 1. The summed E-state index contributed by atoms with van der Waals surface area (Å²) >= 11 is 0. The molecule has 6 nitrogen and oxygen atoms in total. The van der Waals surface area contributed by atoms with Gasteiger partial charge in [0.05, 0.1) is 12.7 Å². The molecular weight excluding hydrogens is 244 g/mol. The summed E-state index contributed by atoms with van der Waals surface area (Å²) < 4.78 is 11.0. The summed E-state index contributed by atoms with van der Waals surface area (Å²) in [6.07, 6.45) is 1.22. The number of rotatable bonds is 7. The van der Waals surface area contributed by atoms with E-state index in [0.29, 0.717) is 0 Å². The molecule has 0 aromatic rings. The zero-order valence-electron chi connectivity index (χ0n) is 12.4. The molecule has 112 valence electrons. The van der Waals surface area contributed by atoms with Crippen LogP contribution in [-0.4, -0.2) is 77.1 Å². The Morgan fingerprint density at radius 3 is 3.00 bits per heavy atom.